The van der Waals surface area contributed by atoms with Gasteiger partial charge in [0.15, 0.2) is 9.84 Å². The van der Waals surface area contributed by atoms with Crippen molar-refractivity contribution in [2.24, 2.45) is 0 Å². The largest absolute Gasteiger partial charge is 0.395 e. The summed E-state index contributed by atoms with van der Waals surface area (Å²) in [5.74, 6) is -0.272. The van der Waals surface area contributed by atoms with E-state index in [9.17, 15) is 8.42 Å². The van der Waals surface area contributed by atoms with Crippen LogP contribution < -0.4 is 5.48 Å². The topological polar surface area (TPSA) is 75.6 Å². The van der Waals surface area contributed by atoms with Gasteiger partial charge in [-0.15, -0.1) is 0 Å². The maximum absolute atomic E-state index is 11.7. The molecule has 0 aromatic heterocycles. The standard InChI is InChI=1S/C11H17NO4S/c1-2-7-16-12-10-4-3-5-11(9-10)17(14,15)8-6-13/h3-5,9,12-13H,2,6-8H2,1H3. The van der Waals surface area contributed by atoms with Crippen molar-refractivity contribution >= 4 is 15.5 Å². The summed E-state index contributed by atoms with van der Waals surface area (Å²) in [6.45, 7) is 2.14. The molecule has 1 aromatic rings. The van der Waals surface area contributed by atoms with Crippen molar-refractivity contribution in [2.75, 3.05) is 24.4 Å². The van der Waals surface area contributed by atoms with Gasteiger partial charge in [0, 0.05) is 0 Å². The van der Waals surface area contributed by atoms with Crippen molar-refractivity contribution in [2.45, 2.75) is 18.2 Å². The van der Waals surface area contributed by atoms with Crippen molar-refractivity contribution in [3.05, 3.63) is 24.3 Å². The van der Waals surface area contributed by atoms with Crippen LogP contribution in [0, 0.1) is 0 Å². The van der Waals surface area contributed by atoms with E-state index in [-0.39, 0.29) is 17.3 Å². The molecule has 0 heterocycles. The highest BCUT2D eigenvalue weighted by Crippen LogP contribution is 2.16. The van der Waals surface area contributed by atoms with Crippen LogP contribution in [0.4, 0.5) is 5.69 Å². The third-order valence-corrected chi connectivity index (χ3v) is 3.74. The Morgan fingerprint density at radius 1 is 1.41 bits per heavy atom. The van der Waals surface area contributed by atoms with E-state index in [4.69, 9.17) is 9.94 Å². The average molecular weight is 259 g/mol. The molecule has 1 rings (SSSR count). The van der Waals surface area contributed by atoms with Crippen LogP contribution in [0.25, 0.3) is 0 Å². The molecule has 0 aliphatic rings. The minimum atomic E-state index is -3.41. The van der Waals surface area contributed by atoms with Gasteiger partial charge in [-0.25, -0.2) is 8.42 Å². The summed E-state index contributed by atoms with van der Waals surface area (Å²) in [5, 5.41) is 8.69. The van der Waals surface area contributed by atoms with E-state index in [0.29, 0.717) is 12.3 Å². The Hall–Kier alpha value is -1.11. The molecule has 0 atom stereocenters. The lowest BCUT2D eigenvalue weighted by atomic mass is 10.3. The zero-order valence-electron chi connectivity index (χ0n) is 9.72. The van der Waals surface area contributed by atoms with Crippen molar-refractivity contribution in [1.82, 2.24) is 0 Å². The molecule has 0 saturated carbocycles. The van der Waals surface area contributed by atoms with Crippen molar-refractivity contribution < 1.29 is 18.4 Å². The monoisotopic (exact) mass is 259 g/mol. The first-order valence-electron chi connectivity index (χ1n) is 5.41. The van der Waals surface area contributed by atoms with E-state index < -0.39 is 9.84 Å². The van der Waals surface area contributed by atoms with Crippen molar-refractivity contribution in [3.8, 4) is 0 Å². The minimum absolute atomic E-state index is 0.177. The summed E-state index contributed by atoms with van der Waals surface area (Å²) in [5.41, 5.74) is 3.25. The molecule has 96 valence electrons. The molecule has 0 spiro atoms. The second kappa shape index (κ2) is 6.58. The third kappa shape index (κ3) is 4.33. The Morgan fingerprint density at radius 2 is 2.18 bits per heavy atom. The summed E-state index contributed by atoms with van der Waals surface area (Å²) in [6, 6.07) is 6.33. The molecule has 0 saturated heterocycles. The molecule has 0 fully saturated rings. The van der Waals surface area contributed by atoms with Crippen LogP contribution in [-0.4, -0.2) is 32.5 Å². The predicted octanol–water partition coefficient (Wildman–Crippen LogP) is 1.21. The molecule has 0 aliphatic heterocycles. The molecule has 0 aliphatic carbocycles. The molecule has 17 heavy (non-hydrogen) atoms. The van der Waals surface area contributed by atoms with Gasteiger partial charge in [-0.3, -0.25) is 10.3 Å². The Kier molecular flexibility index (Phi) is 5.40. The normalized spacial score (nSPS) is 11.4. The van der Waals surface area contributed by atoms with Crippen LogP contribution in [0.2, 0.25) is 0 Å². The third-order valence-electron chi connectivity index (χ3n) is 2.05. The van der Waals surface area contributed by atoms with E-state index in [1.165, 1.54) is 12.1 Å². The van der Waals surface area contributed by atoms with Gasteiger partial charge in [0.05, 0.1) is 29.5 Å². The van der Waals surface area contributed by atoms with Gasteiger partial charge >= 0.3 is 0 Å². The number of anilines is 1. The fourth-order valence-corrected chi connectivity index (χ4v) is 2.30. The number of hydrogen-bond acceptors (Lipinski definition) is 5. The highest BCUT2D eigenvalue weighted by molar-refractivity contribution is 7.91. The maximum Gasteiger partial charge on any atom is 0.180 e. The number of hydrogen-bond donors (Lipinski definition) is 2. The van der Waals surface area contributed by atoms with E-state index in [1.807, 2.05) is 6.92 Å². The Balaban J connectivity index is 2.78. The second-order valence-electron chi connectivity index (χ2n) is 3.52. The number of aliphatic hydroxyl groups excluding tert-OH is 1. The first kappa shape index (κ1) is 14.0. The first-order chi connectivity index (χ1) is 8.10. The molecule has 0 amide bonds. The molecule has 1 aromatic carbocycles. The number of benzene rings is 1. The predicted molar refractivity (Wildman–Crippen MR) is 65.4 cm³/mol. The lowest BCUT2D eigenvalue weighted by molar-refractivity contribution is 0.194. The van der Waals surface area contributed by atoms with Gasteiger partial charge in [-0.1, -0.05) is 13.0 Å². The van der Waals surface area contributed by atoms with Gasteiger partial charge in [0.1, 0.15) is 0 Å². The number of rotatable bonds is 7. The smallest absolute Gasteiger partial charge is 0.180 e. The number of aliphatic hydroxyl groups is 1. The SMILES string of the molecule is CCCONc1cccc(S(=O)(=O)CCO)c1. The van der Waals surface area contributed by atoms with Gasteiger partial charge in [-0.2, -0.15) is 0 Å². The van der Waals surface area contributed by atoms with Crippen molar-refractivity contribution in [3.63, 3.8) is 0 Å². The van der Waals surface area contributed by atoms with E-state index >= 15 is 0 Å². The minimum Gasteiger partial charge on any atom is -0.395 e. The van der Waals surface area contributed by atoms with Gasteiger partial charge in [0.25, 0.3) is 0 Å². The quantitative estimate of drug-likeness (QED) is 0.568. The molecule has 0 unspecified atom stereocenters. The maximum atomic E-state index is 11.7. The molecule has 5 nitrogen and oxygen atoms in total. The van der Waals surface area contributed by atoms with Gasteiger partial charge < -0.3 is 5.11 Å². The molecular formula is C11H17NO4S. The summed E-state index contributed by atoms with van der Waals surface area (Å²) in [6.07, 6.45) is 0.871. The zero-order chi connectivity index (χ0) is 12.7. The van der Waals surface area contributed by atoms with Crippen molar-refractivity contribution in [1.29, 1.82) is 0 Å². The fraction of sp³-hybridized carbons (Fsp3) is 0.455. The van der Waals surface area contributed by atoms with Crippen LogP contribution in [0.1, 0.15) is 13.3 Å². The first-order valence-corrected chi connectivity index (χ1v) is 7.07. The molecular weight excluding hydrogens is 242 g/mol. The summed E-state index contributed by atoms with van der Waals surface area (Å²) in [4.78, 5) is 5.28. The molecule has 0 bridgehead atoms. The molecule has 6 heteroatoms. The van der Waals surface area contributed by atoms with Crippen LogP contribution in [0.15, 0.2) is 29.2 Å². The summed E-state index contributed by atoms with van der Waals surface area (Å²) < 4.78 is 23.4. The highest BCUT2D eigenvalue weighted by Gasteiger charge is 2.13. The Bertz CT molecular complexity index is 445. The van der Waals surface area contributed by atoms with E-state index in [0.717, 1.165) is 6.42 Å². The Labute approximate surface area is 101 Å². The lowest BCUT2D eigenvalue weighted by Gasteiger charge is -2.08. The molecule has 2 N–H and O–H groups in total. The average Bonchev–Trinajstić information content (AvgIpc) is 2.30. The van der Waals surface area contributed by atoms with Crippen LogP contribution in [-0.2, 0) is 14.7 Å². The number of nitrogens with one attached hydrogen (secondary N) is 1. The fourth-order valence-electron chi connectivity index (χ4n) is 1.23. The van der Waals surface area contributed by atoms with Crippen LogP contribution in [0.5, 0.6) is 0 Å². The van der Waals surface area contributed by atoms with Gasteiger partial charge in [-0.05, 0) is 24.6 Å². The van der Waals surface area contributed by atoms with E-state index in [2.05, 4.69) is 5.48 Å². The van der Waals surface area contributed by atoms with E-state index in [1.54, 1.807) is 12.1 Å². The second-order valence-corrected chi connectivity index (χ2v) is 5.63. The Morgan fingerprint density at radius 3 is 2.82 bits per heavy atom. The molecule has 0 radical (unpaired) electrons. The van der Waals surface area contributed by atoms with Crippen LogP contribution >= 0.6 is 0 Å². The lowest BCUT2D eigenvalue weighted by Crippen LogP contribution is -2.10. The zero-order valence-corrected chi connectivity index (χ0v) is 10.5. The highest BCUT2D eigenvalue weighted by atomic mass is 32.2. The summed E-state index contributed by atoms with van der Waals surface area (Å²) in [7, 11) is -3.41. The summed E-state index contributed by atoms with van der Waals surface area (Å²) >= 11 is 0. The number of sulfone groups is 1. The van der Waals surface area contributed by atoms with Crippen LogP contribution in [0.3, 0.4) is 0 Å². The van der Waals surface area contributed by atoms with Gasteiger partial charge in [0.2, 0.25) is 0 Å².